The molecule has 2 amide bonds. The van der Waals surface area contributed by atoms with Gasteiger partial charge in [0.25, 0.3) is 0 Å². The Hall–Kier alpha value is -1.67. The average molecular weight is 295 g/mol. The van der Waals surface area contributed by atoms with E-state index in [1.807, 2.05) is 6.92 Å². The summed E-state index contributed by atoms with van der Waals surface area (Å²) in [6, 6.07) is -0.461. The second-order valence-electron chi connectivity index (χ2n) is 5.19. The summed E-state index contributed by atoms with van der Waals surface area (Å²) in [5.41, 5.74) is 0.882. The molecule has 0 unspecified atom stereocenters. The third-order valence-electron chi connectivity index (χ3n) is 3.65. The Balaban J connectivity index is 1.73. The molecule has 2 aliphatic heterocycles. The predicted octanol–water partition coefficient (Wildman–Crippen LogP) is 1.49. The fourth-order valence-corrected chi connectivity index (χ4v) is 3.54. The van der Waals surface area contributed by atoms with E-state index >= 15 is 0 Å². The van der Waals surface area contributed by atoms with E-state index in [1.54, 1.807) is 4.90 Å². The first kappa shape index (κ1) is 13.3. The van der Waals surface area contributed by atoms with Gasteiger partial charge < -0.3 is 10.2 Å². The Morgan fingerprint density at radius 2 is 2.35 bits per heavy atom. The number of amides is 2. The largest absolute Gasteiger partial charge is 0.382 e. The standard InChI is InChI=1S/C12H17N5O2S/c1-7(2)13-5-10-14-15-11(20-10)9-4-3-8-6-16(9)12(18)17(8)19/h8-9,13,19H,1,3-6H2,2H3/t8-,9+/m1/s1. The number of carbonyl (C=O) groups is 1. The molecule has 1 aromatic heterocycles. The summed E-state index contributed by atoms with van der Waals surface area (Å²) >= 11 is 1.50. The van der Waals surface area contributed by atoms with Crippen LogP contribution in [-0.2, 0) is 6.54 Å². The highest BCUT2D eigenvalue weighted by Gasteiger charge is 2.45. The number of aromatic nitrogens is 2. The van der Waals surface area contributed by atoms with Crippen molar-refractivity contribution in [3.05, 3.63) is 22.3 Å². The number of hydrogen-bond donors (Lipinski definition) is 2. The van der Waals surface area contributed by atoms with E-state index in [4.69, 9.17) is 0 Å². The molecular formula is C12H17N5O2S. The number of rotatable bonds is 4. The maximum Gasteiger partial charge on any atom is 0.344 e. The van der Waals surface area contributed by atoms with E-state index in [0.29, 0.717) is 13.1 Å². The van der Waals surface area contributed by atoms with Crippen molar-refractivity contribution in [2.75, 3.05) is 6.54 Å². The number of carbonyl (C=O) groups excluding carboxylic acids is 1. The van der Waals surface area contributed by atoms with Crippen molar-refractivity contribution in [1.29, 1.82) is 0 Å². The molecule has 2 N–H and O–H groups in total. The van der Waals surface area contributed by atoms with Crippen LogP contribution in [0.3, 0.4) is 0 Å². The summed E-state index contributed by atoms with van der Waals surface area (Å²) in [5.74, 6) is 0. The van der Waals surface area contributed by atoms with Gasteiger partial charge in [0.2, 0.25) is 0 Å². The van der Waals surface area contributed by atoms with E-state index < -0.39 is 0 Å². The molecule has 1 aromatic rings. The maximum atomic E-state index is 11.9. The normalized spacial score (nSPS) is 25.2. The molecule has 2 saturated heterocycles. The molecule has 8 heteroatoms. The van der Waals surface area contributed by atoms with Crippen molar-refractivity contribution in [3.63, 3.8) is 0 Å². The summed E-state index contributed by atoms with van der Waals surface area (Å²) in [4.78, 5) is 13.6. The topological polar surface area (TPSA) is 81.6 Å². The van der Waals surface area contributed by atoms with Crippen molar-refractivity contribution >= 4 is 17.4 Å². The van der Waals surface area contributed by atoms with Crippen LogP contribution in [0.4, 0.5) is 4.79 Å². The smallest absolute Gasteiger partial charge is 0.344 e. The van der Waals surface area contributed by atoms with E-state index in [1.165, 1.54) is 11.3 Å². The number of hydroxylamine groups is 2. The molecule has 2 fully saturated rings. The Bertz CT molecular complexity index is 546. The molecule has 3 heterocycles. The lowest BCUT2D eigenvalue weighted by atomic mass is 10.0. The molecular weight excluding hydrogens is 278 g/mol. The monoisotopic (exact) mass is 295 g/mol. The van der Waals surface area contributed by atoms with Gasteiger partial charge >= 0.3 is 6.03 Å². The molecule has 20 heavy (non-hydrogen) atoms. The number of urea groups is 1. The van der Waals surface area contributed by atoms with Crippen molar-refractivity contribution in [2.24, 2.45) is 0 Å². The highest BCUT2D eigenvalue weighted by molar-refractivity contribution is 7.11. The molecule has 2 bridgehead atoms. The Labute approximate surface area is 120 Å². The third kappa shape index (κ3) is 2.25. The Morgan fingerprint density at radius 3 is 3.10 bits per heavy atom. The minimum absolute atomic E-state index is 0.0630. The zero-order valence-corrected chi connectivity index (χ0v) is 12.1. The SMILES string of the molecule is C=C(C)NCc1nnc([C@@H]2CC[C@@H]3CN2C(=O)N3O)s1. The van der Waals surface area contributed by atoms with Crippen LogP contribution in [-0.4, -0.2) is 44.0 Å². The first-order valence-electron chi connectivity index (χ1n) is 6.56. The van der Waals surface area contributed by atoms with Crippen molar-refractivity contribution in [2.45, 2.75) is 38.4 Å². The first-order valence-corrected chi connectivity index (χ1v) is 7.38. The fraction of sp³-hybridized carbons (Fsp3) is 0.583. The Kier molecular flexibility index (Phi) is 3.35. The lowest BCUT2D eigenvalue weighted by Gasteiger charge is -2.28. The second-order valence-corrected chi connectivity index (χ2v) is 6.29. The summed E-state index contributed by atoms with van der Waals surface area (Å²) < 4.78 is 0. The lowest BCUT2D eigenvalue weighted by Crippen LogP contribution is -2.33. The minimum atomic E-state index is -0.325. The van der Waals surface area contributed by atoms with E-state index in [0.717, 1.165) is 33.6 Å². The van der Waals surface area contributed by atoms with E-state index in [9.17, 15) is 10.0 Å². The molecule has 2 aliphatic rings. The van der Waals surface area contributed by atoms with Crippen LogP contribution in [0.1, 0.15) is 35.8 Å². The summed E-state index contributed by atoms with van der Waals surface area (Å²) in [6.07, 6.45) is 1.61. The van der Waals surface area contributed by atoms with Crippen LogP contribution in [0.15, 0.2) is 12.3 Å². The molecule has 0 saturated carbocycles. The molecule has 2 atom stereocenters. The van der Waals surface area contributed by atoms with Gasteiger partial charge in [-0.3, -0.25) is 5.21 Å². The van der Waals surface area contributed by atoms with Gasteiger partial charge in [-0.05, 0) is 19.8 Å². The van der Waals surface area contributed by atoms with E-state index in [2.05, 4.69) is 22.1 Å². The fourth-order valence-electron chi connectivity index (χ4n) is 2.61. The highest BCUT2D eigenvalue weighted by atomic mass is 32.1. The van der Waals surface area contributed by atoms with Crippen LogP contribution in [0.2, 0.25) is 0 Å². The summed E-state index contributed by atoms with van der Waals surface area (Å²) in [5, 5.41) is 23.7. The molecule has 0 spiro atoms. The van der Waals surface area contributed by atoms with Crippen molar-refractivity contribution in [3.8, 4) is 0 Å². The molecule has 7 nitrogen and oxygen atoms in total. The zero-order chi connectivity index (χ0) is 14.3. The number of hydrogen-bond acceptors (Lipinski definition) is 6. The van der Waals surface area contributed by atoms with Gasteiger partial charge in [0.15, 0.2) is 0 Å². The van der Waals surface area contributed by atoms with Crippen LogP contribution >= 0.6 is 11.3 Å². The van der Waals surface area contributed by atoms with E-state index in [-0.39, 0.29) is 18.1 Å². The Morgan fingerprint density at radius 1 is 1.55 bits per heavy atom. The second kappa shape index (κ2) is 5.02. The number of nitrogens with zero attached hydrogens (tertiary/aromatic N) is 4. The van der Waals surface area contributed by atoms with Gasteiger partial charge in [0, 0.05) is 12.2 Å². The third-order valence-corrected chi connectivity index (χ3v) is 4.68. The van der Waals surface area contributed by atoms with Gasteiger partial charge in [-0.25, -0.2) is 9.86 Å². The maximum absolute atomic E-state index is 11.9. The van der Waals surface area contributed by atoms with Gasteiger partial charge in [-0.2, -0.15) is 0 Å². The number of piperidine rings is 1. The van der Waals surface area contributed by atoms with Crippen LogP contribution < -0.4 is 5.32 Å². The first-order chi connectivity index (χ1) is 9.56. The molecule has 3 rings (SSSR count). The van der Waals surface area contributed by atoms with Crippen molar-refractivity contribution < 1.29 is 10.0 Å². The quantitative estimate of drug-likeness (QED) is 0.823. The van der Waals surface area contributed by atoms with Crippen molar-refractivity contribution in [1.82, 2.24) is 25.5 Å². The van der Waals surface area contributed by atoms with Gasteiger partial charge in [0.1, 0.15) is 10.0 Å². The molecule has 108 valence electrons. The predicted molar refractivity (Wildman–Crippen MR) is 73.1 cm³/mol. The summed E-state index contributed by atoms with van der Waals surface area (Å²) in [7, 11) is 0. The molecule has 0 radical (unpaired) electrons. The zero-order valence-electron chi connectivity index (χ0n) is 11.2. The van der Waals surface area contributed by atoms with Crippen LogP contribution in [0, 0.1) is 0 Å². The number of allylic oxidation sites excluding steroid dienone is 1. The van der Waals surface area contributed by atoms with Gasteiger partial charge in [0.05, 0.1) is 18.6 Å². The van der Waals surface area contributed by atoms with Crippen LogP contribution in [0.5, 0.6) is 0 Å². The molecule has 0 aromatic carbocycles. The van der Waals surface area contributed by atoms with Crippen LogP contribution in [0.25, 0.3) is 0 Å². The number of nitrogens with one attached hydrogen (secondary N) is 1. The van der Waals surface area contributed by atoms with Gasteiger partial charge in [-0.15, -0.1) is 10.2 Å². The average Bonchev–Trinajstić information content (AvgIpc) is 2.98. The van der Waals surface area contributed by atoms with Gasteiger partial charge in [-0.1, -0.05) is 17.9 Å². The molecule has 0 aliphatic carbocycles. The number of fused-ring (bicyclic) bond motifs is 2. The summed E-state index contributed by atoms with van der Waals surface area (Å²) in [6.45, 7) is 6.83. The highest BCUT2D eigenvalue weighted by Crippen LogP contribution is 2.38. The minimum Gasteiger partial charge on any atom is -0.382 e. The lowest BCUT2D eigenvalue weighted by molar-refractivity contribution is -0.0584.